The van der Waals surface area contributed by atoms with Crippen molar-refractivity contribution < 1.29 is 26.6 Å². The zero-order valence-corrected chi connectivity index (χ0v) is 18.1. The van der Waals surface area contributed by atoms with Gasteiger partial charge in [-0.25, -0.2) is 4.99 Å². The van der Waals surface area contributed by atoms with E-state index in [9.17, 15) is 5.11 Å². The molecular weight excluding hydrogens is 376 g/mol. The third-order valence-electron chi connectivity index (χ3n) is 5.19. The van der Waals surface area contributed by atoms with Gasteiger partial charge in [-0.3, -0.25) is 4.48 Å². The maximum atomic E-state index is 9.20. The molecule has 1 heterocycles. The fourth-order valence-electron chi connectivity index (χ4n) is 3.54. The summed E-state index contributed by atoms with van der Waals surface area (Å²) >= 11 is 0. The van der Waals surface area contributed by atoms with Gasteiger partial charge in [-0.15, -0.1) is 0 Å². The minimum Gasteiger partial charge on any atom is -1.00 e. The van der Waals surface area contributed by atoms with Crippen LogP contribution in [0, 0.1) is 0 Å². The number of unbranched alkanes of at least 4 members (excludes halogenated alkanes) is 13. The SMILES string of the molecule is CCCCCCCCCCCCCCCC[N+]1(CCO)C=CN=C1.[Br-]. The van der Waals surface area contributed by atoms with Crippen LogP contribution in [0.1, 0.15) is 96.8 Å². The van der Waals surface area contributed by atoms with Crippen molar-refractivity contribution in [3.63, 3.8) is 0 Å². The molecule has 3 nitrogen and oxygen atoms in total. The molecule has 1 aliphatic rings. The van der Waals surface area contributed by atoms with Gasteiger partial charge in [0, 0.05) is 0 Å². The van der Waals surface area contributed by atoms with Crippen LogP contribution in [-0.2, 0) is 0 Å². The van der Waals surface area contributed by atoms with Crippen LogP contribution in [0.3, 0.4) is 0 Å². The predicted octanol–water partition coefficient (Wildman–Crippen LogP) is 2.79. The molecule has 0 spiro atoms. The molecule has 0 aromatic carbocycles. The average molecular weight is 417 g/mol. The minimum absolute atomic E-state index is 0. The van der Waals surface area contributed by atoms with Crippen LogP contribution in [0.15, 0.2) is 17.4 Å². The smallest absolute Gasteiger partial charge is 0.194 e. The first kappa shape index (κ1) is 24.8. The van der Waals surface area contributed by atoms with Gasteiger partial charge in [-0.1, -0.05) is 84.0 Å². The van der Waals surface area contributed by atoms with Gasteiger partial charge in [0.2, 0.25) is 0 Å². The molecule has 0 aliphatic carbocycles. The van der Waals surface area contributed by atoms with Crippen molar-refractivity contribution >= 4 is 6.34 Å². The monoisotopic (exact) mass is 416 g/mol. The fraction of sp³-hybridized carbons (Fsp3) is 0.857. The van der Waals surface area contributed by atoms with Crippen molar-refractivity contribution in [2.45, 2.75) is 96.8 Å². The van der Waals surface area contributed by atoms with E-state index in [0.717, 1.165) is 17.6 Å². The lowest BCUT2D eigenvalue weighted by Gasteiger charge is -2.26. The van der Waals surface area contributed by atoms with Crippen LogP contribution in [0.2, 0.25) is 0 Å². The number of quaternary nitrogens is 1. The highest BCUT2D eigenvalue weighted by Gasteiger charge is 2.24. The third kappa shape index (κ3) is 12.7. The molecule has 0 aromatic rings. The molecule has 0 saturated heterocycles. The van der Waals surface area contributed by atoms with Gasteiger partial charge in [0.25, 0.3) is 0 Å². The van der Waals surface area contributed by atoms with Gasteiger partial charge in [0.05, 0.1) is 19.4 Å². The summed E-state index contributed by atoms with van der Waals surface area (Å²) in [5.41, 5.74) is 0. The molecule has 1 atom stereocenters. The van der Waals surface area contributed by atoms with Crippen LogP contribution >= 0.6 is 0 Å². The highest BCUT2D eigenvalue weighted by atomic mass is 79.9. The van der Waals surface area contributed by atoms with Crippen molar-refractivity contribution in [1.29, 1.82) is 0 Å². The van der Waals surface area contributed by atoms with Crippen LogP contribution in [0.5, 0.6) is 0 Å². The van der Waals surface area contributed by atoms with Crippen LogP contribution < -0.4 is 17.0 Å². The lowest BCUT2D eigenvalue weighted by Crippen LogP contribution is -3.00. The molecule has 0 aromatic heterocycles. The Labute approximate surface area is 167 Å². The molecule has 0 amide bonds. The molecule has 0 fully saturated rings. The molecule has 1 rings (SSSR count). The maximum absolute atomic E-state index is 9.20. The lowest BCUT2D eigenvalue weighted by molar-refractivity contribution is -0.780. The van der Waals surface area contributed by atoms with E-state index in [1.54, 1.807) is 0 Å². The number of hydrogen-bond acceptors (Lipinski definition) is 2. The second kappa shape index (κ2) is 17.2. The van der Waals surface area contributed by atoms with E-state index in [1.165, 1.54) is 89.9 Å². The Kier molecular flexibility index (Phi) is 17.1. The van der Waals surface area contributed by atoms with Crippen molar-refractivity contribution in [3.8, 4) is 0 Å². The summed E-state index contributed by atoms with van der Waals surface area (Å²) in [5.74, 6) is 0. The van der Waals surface area contributed by atoms with E-state index in [1.807, 2.05) is 12.5 Å². The highest BCUT2D eigenvalue weighted by Crippen LogP contribution is 2.16. The summed E-state index contributed by atoms with van der Waals surface area (Å²) < 4.78 is 0.745. The number of rotatable bonds is 17. The highest BCUT2D eigenvalue weighted by molar-refractivity contribution is 5.50. The summed E-state index contributed by atoms with van der Waals surface area (Å²) in [7, 11) is 0. The Balaban J connectivity index is 0.00000576. The molecule has 4 heteroatoms. The quantitative estimate of drug-likeness (QED) is 0.287. The van der Waals surface area contributed by atoms with Gasteiger partial charge in [-0.05, 0) is 12.8 Å². The second-order valence-electron chi connectivity index (χ2n) is 7.43. The number of aliphatic hydroxyl groups is 1. The number of aliphatic hydroxyl groups excluding tert-OH is 1. The molecule has 0 saturated carbocycles. The molecule has 0 bridgehead atoms. The zero-order valence-electron chi connectivity index (χ0n) is 16.5. The van der Waals surface area contributed by atoms with Crippen molar-refractivity contribution in [3.05, 3.63) is 12.4 Å². The maximum Gasteiger partial charge on any atom is 0.194 e. The average Bonchev–Trinajstić information content (AvgIpc) is 3.04. The molecule has 25 heavy (non-hydrogen) atoms. The van der Waals surface area contributed by atoms with E-state index < -0.39 is 0 Å². The Hall–Kier alpha value is -0.190. The van der Waals surface area contributed by atoms with E-state index in [0.29, 0.717) is 0 Å². The molecule has 0 radical (unpaired) electrons. The van der Waals surface area contributed by atoms with Crippen molar-refractivity contribution in [2.75, 3.05) is 19.7 Å². The van der Waals surface area contributed by atoms with E-state index in [2.05, 4.69) is 18.1 Å². The summed E-state index contributed by atoms with van der Waals surface area (Å²) in [6.07, 6.45) is 25.5. The van der Waals surface area contributed by atoms with Gasteiger partial charge >= 0.3 is 0 Å². The summed E-state index contributed by atoms with van der Waals surface area (Å²) in [6.45, 7) is 4.36. The Morgan fingerprint density at radius 3 is 1.60 bits per heavy atom. The van der Waals surface area contributed by atoms with E-state index in [4.69, 9.17) is 0 Å². The first-order valence-electron chi connectivity index (χ1n) is 10.5. The third-order valence-corrected chi connectivity index (χ3v) is 5.19. The second-order valence-corrected chi connectivity index (χ2v) is 7.43. The predicted molar refractivity (Wildman–Crippen MR) is 105 cm³/mol. The Morgan fingerprint density at radius 2 is 1.20 bits per heavy atom. The van der Waals surface area contributed by atoms with Gasteiger partial charge in [0.15, 0.2) is 6.34 Å². The normalized spacial score (nSPS) is 18.6. The van der Waals surface area contributed by atoms with Crippen molar-refractivity contribution in [2.24, 2.45) is 4.99 Å². The molecule has 1 N–H and O–H groups in total. The van der Waals surface area contributed by atoms with Gasteiger partial charge in [0.1, 0.15) is 12.7 Å². The fourth-order valence-corrected chi connectivity index (χ4v) is 3.54. The summed E-state index contributed by atoms with van der Waals surface area (Å²) in [5, 5.41) is 9.20. The van der Waals surface area contributed by atoms with Crippen LogP contribution in [0.4, 0.5) is 0 Å². The van der Waals surface area contributed by atoms with Crippen LogP contribution in [-0.4, -0.2) is 35.6 Å². The number of halogens is 1. The zero-order chi connectivity index (χ0) is 17.3. The topological polar surface area (TPSA) is 32.6 Å². The molecule has 1 aliphatic heterocycles. The van der Waals surface area contributed by atoms with Gasteiger partial charge < -0.3 is 22.1 Å². The number of hydrogen-bond donors (Lipinski definition) is 1. The summed E-state index contributed by atoms with van der Waals surface area (Å²) in [4.78, 5) is 4.20. The molecule has 148 valence electrons. The number of aliphatic imine (C=N–C) groups is 1. The lowest BCUT2D eigenvalue weighted by atomic mass is 10.0. The van der Waals surface area contributed by atoms with E-state index >= 15 is 0 Å². The molecular formula is C21H41BrN2O. The summed E-state index contributed by atoms with van der Waals surface area (Å²) in [6, 6.07) is 0. The first-order chi connectivity index (χ1) is 11.8. The van der Waals surface area contributed by atoms with Gasteiger partial charge in [-0.2, -0.15) is 0 Å². The van der Waals surface area contributed by atoms with Crippen LogP contribution in [0.25, 0.3) is 0 Å². The van der Waals surface area contributed by atoms with E-state index in [-0.39, 0.29) is 23.6 Å². The Bertz CT molecular complexity index is 333. The number of nitrogens with zero attached hydrogens (tertiary/aromatic N) is 2. The standard InChI is InChI=1S/C21H41N2O.BrH/c1-2-3-4-5-6-7-8-9-10-11-12-13-14-15-17-23(19-20-24)18-16-22-21-23;/h16,18,21,24H,2-15,17,19-20H2,1H3;1H/q+1;/p-1. The van der Waals surface area contributed by atoms with Crippen molar-refractivity contribution in [1.82, 2.24) is 0 Å². The minimum atomic E-state index is 0. The first-order valence-corrected chi connectivity index (χ1v) is 10.5. The Morgan fingerprint density at radius 1 is 0.720 bits per heavy atom. The molecule has 1 unspecified atom stereocenters. The largest absolute Gasteiger partial charge is 1.00 e.